The molecule has 104 valence electrons. The van der Waals surface area contributed by atoms with E-state index in [1.54, 1.807) is 6.20 Å². The van der Waals surface area contributed by atoms with Crippen LogP contribution in [0.2, 0.25) is 0 Å². The molecular weight excluding hydrogens is 260 g/mol. The summed E-state index contributed by atoms with van der Waals surface area (Å²) >= 11 is 1.45. The summed E-state index contributed by atoms with van der Waals surface area (Å²) in [5.41, 5.74) is 0. The predicted octanol–water partition coefficient (Wildman–Crippen LogP) is 2.95. The first-order chi connectivity index (χ1) is 9.28. The number of ether oxygens (including phenoxy) is 1. The van der Waals surface area contributed by atoms with Crippen LogP contribution in [0.4, 0.5) is 5.13 Å². The van der Waals surface area contributed by atoms with Gasteiger partial charge >= 0.3 is 5.97 Å². The molecule has 0 amide bonds. The molecule has 19 heavy (non-hydrogen) atoms. The van der Waals surface area contributed by atoms with Crippen molar-refractivity contribution >= 4 is 22.4 Å². The largest absolute Gasteiger partial charge is 0.465 e. The van der Waals surface area contributed by atoms with Gasteiger partial charge in [0.1, 0.15) is 4.88 Å². The molecule has 2 aliphatic rings. The second-order valence-electron chi connectivity index (χ2n) is 5.54. The van der Waals surface area contributed by atoms with Gasteiger partial charge in [-0.2, -0.15) is 0 Å². The topological polar surface area (TPSA) is 42.4 Å². The monoisotopic (exact) mass is 280 g/mol. The Hall–Kier alpha value is -1.10. The van der Waals surface area contributed by atoms with Crippen molar-refractivity contribution in [3.05, 3.63) is 11.1 Å². The lowest BCUT2D eigenvalue weighted by molar-refractivity contribution is 0.0606. The number of aromatic nitrogens is 1. The highest BCUT2D eigenvalue weighted by molar-refractivity contribution is 7.17. The highest BCUT2D eigenvalue weighted by Gasteiger charge is 2.32. The quantitative estimate of drug-likeness (QED) is 0.781. The third kappa shape index (κ3) is 2.61. The average Bonchev–Trinajstić information content (AvgIpc) is 2.95. The van der Waals surface area contributed by atoms with E-state index in [0.717, 1.165) is 30.1 Å². The molecule has 2 heterocycles. The molecule has 1 aliphatic carbocycles. The third-order valence-electron chi connectivity index (χ3n) is 4.44. The Balaban J connectivity index is 1.69. The summed E-state index contributed by atoms with van der Waals surface area (Å²) in [7, 11) is 1.41. The number of esters is 1. The molecule has 5 heteroatoms. The number of carbonyl (C=O) groups excluding carboxylic acids is 1. The molecule has 0 bridgehead atoms. The van der Waals surface area contributed by atoms with Gasteiger partial charge in [-0.05, 0) is 24.7 Å². The minimum absolute atomic E-state index is 0.281. The molecule has 1 saturated heterocycles. The highest BCUT2D eigenvalue weighted by atomic mass is 32.1. The first-order valence-electron chi connectivity index (χ1n) is 7.07. The number of piperidine rings is 1. The second kappa shape index (κ2) is 5.49. The van der Waals surface area contributed by atoms with Gasteiger partial charge < -0.3 is 9.64 Å². The van der Waals surface area contributed by atoms with E-state index in [0.29, 0.717) is 4.88 Å². The lowest BCUT2D eigenvalue weighted by Crippen LogP contribution is -2.41. The van der Waals surface area contributed by atoms with Crippen LogP contribution < -0.4 is 4.90 Å². The fourth-order valence-corrected chi connectivity index (χ4v) is 4.25. The number of nitrogens with zero attached hydrogens (tertiary/aromatic N) is 2. The van der Waals surface area contributed by atoms with Gasteiger partial charge in [-0.1, -0.05) is 30.6 Å². The van der Waals surface area contributed by atoms with E-state index < -0.39 is 0 Å². The zero-order valence-electron chi connectivity index (χ0n) is 11.3. The maximum Gasteiger partial charge on any atom is 0.349 e. The van der Waals surface area contributed by atoms with Gasteiger partial charge in [0.2, 0.25) is 0 Å². The van der Waals surface area contributed by atoms with Crippen LogP contribution in [0.1, 0.15) is 41.8 Å². The Labute approximate surface area is 117 Å². The molecule has 0 N–H and O–H groups in total. The van der Waals surface area contributed by atoms with Gasteiger partial charge in [-0.25, -0.2) is 9.78 Å². The molecule has 2 unspecified atom stereocenters. The number of carbonyl (C=O) groups is 1. The summed E-state index contributed by atoms with van der Waals surface area (Å²) < 4.78 is 4.74. The molecule has 2 atom stereocenters. The number of methoxy groups -OCH3 is 1. The molecule has 0 radical (unpaired) electrons. The SMILES string of the molecule is COC(=O)c1cnc(N2CCC3CCCCC3C2)s1. The van der Waals surface area contributed by atoms with Gasteiger partial charge in [0, 0.05) is 13.1 Å². The fourth-order valence-electron chi connectivity index (χ4n) is 3.38. The van der Waals surface area contributed by atoms with Crippen LogP contribution in [0.15, 0.2) is 6.20 Å². The Morgan fingerprint density at radius 1 is 1.37 bits per heavy atom. The number of anilines is 1. The zero-order valence-corrected chi connectivity index (χ0v) is 12.1. The van der Waals surface area contributed by atoms with Crippen LogP contribution in [0, 0.1) is 11.8 Å². The summed E-state index contributed by atoms with van der Waals surface area (Å²) in [6.45, 7) is 2.19. The van der Waals surface area contributed by atoms with Crippen molar-refractivity contribution in [3.63, 3.8) is 0 Å². The van der Waals surface area contributed by atoms with Crippen molar-refractivity contribution in [1.82, 2.24) is 4.98 Å². The van der Waals surface area contributed by atoms with Crippen LogP contribution in [0.5, 0.6) is 0 Å². The highest BCUT2D eigenvalue weighted by Crippen LogP contribution is 2.38. The van der Waals surface area contributed by atoms with E-state index in [9.17, 15) is 4.79 Å². The van der Waals surface area contributed by atoms with Gasteiger partial charge in [-0.3, -0.25) is 0 Å². The van der Waals surface area contributed by atoms with Crippen molar-refractivity contribution in [2.24, 2.45) is 11.8 Å². The molecule has 1 saturated carbocycles. The number of fused-ring (bicyclic) bond motifs is 1. The number of hydrogen-bond donors (Lipinski definition) is 0. The minimum Gasteiger partial charge on any atom is -0.465 e. The van der Waals surface area contributed by atoms with E-state index in [1.807, 2.05) is 0 Å². The molecule has 3 rings (SSSR count). The van der Waals surface area contributed by atoms with Gasteiger partial charge in [0.05, 0.1) is 13.3 Å². The molecule has 2 fully saturated rings. The van der Waals surface area contributed by atoms with E-state index >= 15 is 0 Å². The van der Waals surface area contributed by atoms with E-state index in [-0.39, 0.29) is 5.97 Å². The van der Waals surface area contributed by atoms with Crippen LogP contribution in [0.25, 0.3) is 0 Å². The summed E-state index contributed by atoms with van der Waals surface area (Å²) in [5.74, 6) is 1.47. The molecular formula is C14H20N2O2S. The van der Waals surface area contributed by atoms with Crippen molar-refractivity contribution < 1.29 is 9.53 Å². The molecule has 1 aromatic rings. The van der Waals surface area contributed by atoms with Crippen molar-refractivity contribution in [3.8, 4) is 0 Å². The van der Waals surface area contributed by atoms with Crippen LogP contribution in [-0.4, -0.2) is 31.2 Å². The van der Waals surface area contributed by atoms with Gasteiger partial charge in [0.25, 0.3) is 0 Å². The number of hydrogen-bond acceptors (Lipinski definition) is 5. The first-order valence-corrected chi connectivity index (χ1v) is 7.88. The maximum atomic E-state index is 11.5. The number of thiazole rings is 1. The van der Waals surface area contributed by atoms with Crippen molar-refractivity contribution in [2.75, 3.05) is 25.1 Å². The van der Waals surface area contributed by atoms with Crippen molar-refractivity contribution in [1.29, 1.82) is 0 Å². The van der Waals surface area contributed by atoms with Gasteiger partial charge in [0.15, 0.2) is 5.13 Å². The maximum absolute atomic E-state index is 11.5. The standard InChI is InChI=1S/C14H20N2O2S/c1-18-13(17)12-8-15-14(19-12)16-7-6-10-4-2-3-5-11(10)9-16/h8,10-11H,2-7,9H2,1H3. The van der Waals surface area contributed by atoms with E-state index in [1.165, 1.54) is 50.6 Å². The molecule has 1 aromatic heterocycles. The Kier molecular flexibility index (Phi) is 3.73. The first kappa shape index (κ1) is 12.9. The molecule has 1 aliphatic heterocycles. The lowest BCUT2D eigenvalue weighted by Gasteiger charge is -2.41. The fraction of sp³-hybridized carbons (Fsp3) is 0.714. The summed E-state index contributed by atoms with van der Waals surface area (Å²) in [4.78, 5) is 18.8. The molecule has 0 spiro atoms. The van der Waals surface area contributed by atoms with Crippen molar-refractivity contribution in [2.45, 2.75) is 32.1 Å². The molecule has 0 aromatic carbocycles. The summed E-state index contributed by atoms with van der Waals surface area (Å²) in [6, 6.07) is 0. The smallest absolute Gasteiger partial charge is 0.349 e. The van der Waals surface area contributed by atoms with Crippen LogP contribution in [-0.2, 0) is 4.74 Å². The second-order valence-corrected chi connectivity index (χ2v) is 6.55. The number of rotatable bonds is 2. The van der Waals surface area contributed by atoms with Gasteiger partial charge in [-0.15, -0.1) is 0 Å². The Morgan fingerprint density at radius 2 is 2.16 bits per heavy atom. The van der Waals surface area contributed by atoms with E-state index in [4.69, 9.17) is 4.74 Å². The third-order valence-corrected chi connectivity index (χ3v) is 5.48. The summed E-state index contributed by atoms with van der Waals surface area (Å²) in [5, 5.41) is 0.976. The summed E-state index contributed by atoms with van der Waals surface area (Å²) in [6.07, 6.45) is 8.46. The van der Waals surface area contributed by atoms with Crippen LogP contribution in [0.3, 0.4) is 0 Å². The lowest BCUT2D eigenvalue weighted by atomic mass is 9.75. The Morgan fingerprint density at radius 3 is 2.95 bits per heavy atom. The predicted molar refractivity (Wildman–Crippen MR) is 75.7 cm³/mol. The normalized spacial score (nSPS) is 26.9. The zero-order chi connectivity index (χ0) is 13.2. The van der Waals surface area contributed by atoms with E-state index in [2.05, 4.69) is 9.88 Å². The average molecular weight is 280 g/mol. The Bertz CT molecular complexity index is 460. The molecule has 4 nitrogen and oxygen atoms in total. The van der Waals surface area contributed by atoms with Crippen LogP contribution >= 0.6 is 11.3 Å². The minimum atomic E-state index is -0.281.